The van der Waals surface area contributed by atoms with E-state index in [2.05, 4.69) is 16.8 Å². The molecule has 0 N–H and O–H groups in total. The summed E-state index contributed by atoms with van der Waals surface area (Å²) in [4.78, 5) is 6.57. The zero-order valence-corrected chi connectivity index (χ0v) is 8.53. The first-order valence-corrected chi connectivity index (χ1v) is 5.41. The Morgan fingerprint density at radius 2 is 2.58 bits per heavy atom. The second kappa shape index (κ2) is 3.23. The summed E-state index contributed by atoms with van der Waals surface area (Å²) in [7, 11) is 0. The van der Waals surface area contributed by atoms with Crippen LogP contribution in [0.4, 0.5) is 5.82 Å². The van der Waals surface area contributed by atoms with Crippen LogP contribution in [0.1, 0.15) is 19.8 Å². The van der Waals surface area contributed by atoms with Crippen molar-refractivity contribution in [2.24, 2.45) is 0 Å². The predicted octanol–water partition coefficient (Wildman–Crippen LogP) is 2.79. The van der Waals surface area contributed by atoms with Gasteiger partial charge in [-0.3, -0.25) is 0 Å². The molecule has 2 nitrogen and oxygen atoms in total. The SMILES string of the molecule is CC1CCCN1c1csc(Cl)n1. The topological polar surface area (TPSA) is 16.1 Å². The van der Waals surface area contributed by atoms with E-state index in [1.807, 2.05) is 5.38 Å². The standard InChI is InChI=1S/C8H11ClN2S/c1-6-3-2-4-11(6)7-5-12-8(9)10-7/h5-6H,2-4H2,1H3. The van der Waals surface area contributed by atoms with Gasteiger partial charge >= 0.3 is 0 Å². The van der Waals surface area contributed by atoms with E-state index < -0.39 is 0 Å². The lowest BCUT2D eigenvalue weighted by Crippen LogP contribution is -2.26. The maximum atomic E-state index is 5.77. The van der Waals surface area contributed by atoms with Crippen molar-refractivity contribution in [3.63, 3.8) is 0 Å². The molecule has 2 rings (SSSR count). The third-order valence-corrected chi connectivity index (χ3v) is 3.28. The minimum Gasteiger partial charge on any atom is -0.353 e. The third-order valence-electron chi connectivity index (χ3n) is 2.31. The highest BCUT2D eigenvalue weighted by molar-refractivity contribution is 7.14. The van der Waals surface area contributed by atoms with Crippen LogP contribution >= 0.6 is 22.9 Å². The number of aromatic nitrogens is 1. The van der Waals surface area contributed by atoms with E-state index >= 15 is 0 Å². The average Bonchev–Trinajstić information content (AvgIpc) is 2.58. The number of nitrogens with zero attached hydrogens (tertiary/aromatic N) is 2. The number of halogens is 1. The van der Waals surface area contributed by atoms with Gasteiger partial charge in [0.25, 0.3) is 0 Å². The van der Waals surface area contributed by atoms with E-state index in [4.69, 9.17) is 11.6 Å². The summed E-state index contributed by atoms with van der Waals surface area (Å²) >= 11 is 7.27. The molecule has 66 valence electrons. The Labute approximate surface area is 81.2 Å². The Balaban J connectivity index is 2.19. The first kappa shape index (κ1) is 8.32. The molecular weight excluding hydrogens is 192 g/mol. The highest BCUT2D eigenvalue weighted by Crippen LogP contribution is 2.28. The van der Waals surface area contributed by atoms with Gasteiger partial charge in [0, 0.05) is 18.0 Å². The van der Waals surface area contributed by atoms with Crippen molar-refractivity contribution >= 4 is 28.8 Å². The van der Waals surface area contributed by atoms with Crippen LogP contribution in [0.25, 0.3) is 0 Å². The molecule has 1 aromatic heterocycles. The van der Waals surface area contributed by atoms with Gasteiger partial charge in [-0.15, -0.1) is 11.3 Å². The Hall–Kier alpha value is -0.280. The van der Waals surface area contributed by atoms with E-state index in [0.717, 1.165) is 12.4 Å². The monoisotopic (exact) mass is 202 g/mol. The zero-order valence-electron chi connectivity index (χ0n) is 6.96. The molecule has 12 heavy (non-hydrogen) atoms. The molecule has 0 saturated carbocycles. The molecule has 0 aliphatic carbocycles. The minimum absolute atomic E-state index is 0.628. The maximum Gasteiger partial charge on any atom is 0.185 e. The molecule has 4 heteroatoms. The first-order valence-electron chi connectivity index (χ1n) is 4.15. The molecule has 0 radical (unpaired) electrons. The second-order valence-corrected chi connectivity index (χ2v) is 4.58. The summed E-state index contributed by atoms with van der Waals surface area (Å²) in [5, 5.41) is 2.03. The van der Waals surface area contributed by atoms with Crippen molar-refractivity contribution < 1.29 is 0 Å². The summed E-state index contributed by atoms with van der Waals surface area (Å²) in [6.07, 6.45) is 2.55. The molecule has 1 aliphatic heterocycles. The van der Waals surface area contributed by atoms with Gasteiger partial charge in [0.1, 0.15) is 5.82 Å². The summed E-state index contributed by atoms with van der Waals surface area (Å²) in [5.41, 5.74) is 0. The van der Waals surface area contributed by atoms with Crippen LogP contribution in [0.5, 0.6) is 0 Å². The summed E-state index contributed by atoms with van der Waals surface area (Å²) in [6.45, 7) is 3.36. The molecule has 2 heterocycles. The van der Waals surface area contributed by atoms with Crippen molar-refractivity contribution in [1.29, 1.82) is 0 Å². The van der Waals surface area contributed by atoms with Gasteiger partial charge in [-0.2, -0.15) is 0 Å². The van der Waals surface area contributed by atoms with Crippen molar-refractivity contribution in [2.45, 2.75) is 25.8 Å². The molecule has 1 atom stereocenters. The molecule has 1 saturated heterocycles. The molecule has 1 unspecified atom stereocenters. The smallest absolute Gasteiger partial charge is 0.185 e. The highest BCUT2D eigenvalue weighted by Gasteiger charge is 2.21. The fourth-order valence-electron chi connectivity index (χ4n) is 1.65. The molecule has 0 bridgehead atoms. The van der Waals surface area contributed by atoms with E-state index in [9.17, 15) is 0 Å². The fourth-order valence-corrected chi connectivity index (χ4v) is 2.41. The Morgan fingerprint density at radius 1 is 1.75 bits per heavy atom. The van der Waals surface area contributed by atoms with Gasteiger partial charge in [0.15, 0.2) is 4.47 Å². The predicted molar refractivity (Wildman–Crippen MR) is 53.2 cm³/mol. The van der Waals surface area contributed by atoms with Gasteiger partial charge in [-0.05, 0) is 19.8 Å². The van der Waals surface area contributed by atoms with E-state index in [1.165, 1.54) is 24.2 Å². The van der Waals surface area contributed by atoms with E-state index in [1.54, 1.807) is 0 Å². The zero-order chi connectivity index (χ0) is 8.55. The molecular formula is C8H11ClN2S. The van der Waals surface area contributed by atoms with Crippen LogP contribution in [0.15, 0.2) is 5.38 Å². The van der Waals surface area contributed by atoms with E-state index in [-0.39, 0.29) is 0 Å². The van der Waals surface area contributed by atoms with Gasteiger partial charge in [0.05, 0.1) is 0 Å². The summed E-state index contributed by atoms with van der Waals surface area (Å²) in [5.74, 6) is 1.05. The summed E-state index contributed by atoms with van der Waals surface area (Å²) < 4.78 is 0.643. The fraction of sp³-hybridized carbons (Fsp3) is 0.625. The van der Waals surface area contributed by atoms with Crippen LogP contribution in [-0.2, 0) is 0 Å². The normalized spacial score (nSPS) is 23.5. The Morgan fingerprint density at radius 3 is 3.08 bits per heavy atom. The maximum absolute atomic E-state index is 5.77. The Bertz CT molecular complexity index is 274. The van der Waals surface area contributed by atoms with Crippen LogP contribution < -0.4 is 4.90 Å². The van der Waals surface area contributed by atoms with Crippen molar-refractivity contribution in [2.75, 3.05) is 11.4 Å². The minimum atomic E-state index is 0.628. The molecule has 1 aliphatic rings. The first-order chi connectivity index (χ1) is 5.77. The van der Waals surface area contributed by atoms with E-state index in [0.29, 0.717) is 10.5 Å². The average molecular weight is 203 g/mol. The van der Waals surface area contributed by atoms with Gasteiger partial charge < -0.3 is 4.90 Å². The summed E-state index contributed by atoms with van der Waals surface area (Å²) in [6, 6.07) is 0.628. The van der Waals surface area contributed by atoms with Gasteiger partial charge in [-0.1, -0.05) is 11.6 Å². The lowest BCUT2D eigenvalue weighted by atomic mass is 10.2. The molecule has 1 aromatic rings. The lowest BCUT2D eigenvalue weighted by Gasteiger charge is -2.20. The molecule has 0 spiro atoms. The quantitative estimate of drug-likeness (QED) is 0.696. The largest absolute Gasteiger partial charge is 0.353 e. The highest BCUT2D eigenvalue weighted by atomic mass is 35.5. The molecule has 0 aromatic carbocycles. The Kier molecular flexibility index (Phi) is 2.24. The lowest BCUT2D eigenvalue weighted by molar-refractivity contribution is 0.729. The van der Waals surface area contributed by atoms with Crippen molar-refractivity contribution in [3.8, 4) is 0 Å². The van der Waals surface area contributed by atoms with Gasteiger partial charge in [-0.25, -0.2) is 4.98 Å². The molecule has 0 amide bonds. The van der Waals surface area contributed by atoms with Crippen molar-refractivity contribution in [3.05, 3.63) is 9.85 Å². The van der Waals surface area contributed by atoms with Crippen LogP contribution in [0.3, 0.4) is 0 Å². The molecule has 1 fully saturated rings. The second-order valence-electron chi connectivity index (χ2n) is 3.14. The van der Waals surface area contributed by atoms with Crippen LogP contribution in [-0.4, -0.2) is 17.6 Å². The number of anilines is 1. The number of hydrogen-bond donors (Lipinski definition) is 0. The number of rotatable bonds is 1. The number of hydrogen-bond acceptors (Lipinski definition) is 3. The van der Waals surface area contributed by atoms with Gasteiger partial charge in [0.2, 0.25) is 0 Å². The van der Waals surface area contributed by atoms with Crippen LogP contribution in [0.2, 0.25) is 4.47 Å². The van der Waals surface area contributed by atoms with Crippen molar-refractivity contribution in [1.82, 2.24) is 4.98 Å². The third kappa shape index (κ3) is 1.43. The number of thiazole rings is 1. The van der Waals surface area contributed by atoms with Crippen LogP contribution in [0, 0.1) is 0 Å².